The fraction of sp³-hybridized carbons (Fsp3) is 0.333. The molecule has 1 unspecified atom stereocenters. The monoisotopic (exact) mass is 377 g/mol. The average molecular weight is 377 g/mol. The van der Waals surface area contributed by atoms with E-state index in [2.05, 4.69) is 17.0 Å². The number of aromatic hydroxyl groups is 1. The van der Waals surface area contributed by atoms with Crippen molar-refractivity contribution in [3.05, 3.63) is 65.7 Å². The van der Waals surface area contributed by atoms with Crippen LogP contribution < -0.4 is 9.47 Å². The number of para-hydroxylation sites is 1. The lowest BCUT2D eigenvalue weighted by Gasteiger charge is -2.36. The van der Waals surface area contributed by atoms with Crippen LogP contribution in [0.15, 0.2) is 54.6 Å². The highest BCUT2D eigenvalue weighted by Crippen LogP contribution is 2.43. The molecule has 0 radical (unpaired) electrons. The number of phenols is 1. The molecular formula is C24H27NO3. The molecule has 0 spiro atoms. The molecule has 0 aliphatic carbocycles. The molecule has 4 nitrogen and oxygen atoms in total. The number of ether oxygens (including phenoxy) is 2. The average Bonchev–Trinajstić information content (AvgIpc) is 2.76. The third kappa shape index (κ3) is 3.29. The summed E-state index contributed by atoms with van der Waals surface area (Å²) in [6.07, 6.45) is 3.61. The van der Waals surface area contributed by atoms with Crippen LogP contribution in [0, 0.1) is 0 Å². The first-order valence-electron chi connectivity index (χ1n) is 9.90. The second-order valence-electron chi connectivity index (χ2n) is 7.30. The summed E-state index contributed by atoms with van der Waals surface area (Å²) in [6.45, 7) is 2.02. The Morgan fingerprint density at radius 3 is 2.21 bits per heavy atom. The van der Waals surface area contributed by atoms with Gasteiger partial charge in [0.05, 0.1) is 20.3 Å². The third-order valence-corrected chi connectivity index (χ3v) is 5.73. The molecule has 1 fully saturated rings. The van der Waals surface area contributed by atoms with Gasteiger partial charge in [-0.05, 0) is 38.1 Å². The number of fused-ring (bicyclic) bond motifs is 1. The van der Waals surface area contributed by atoms with Gasteiger partial charge < -0.3 is 14.6 Å². The van der Waals surface area contributed by atoms with Crippen LogP contribution in [0.25, 0.3) is 10.8 Å². The van der Waals surface area contributed by atoms with Gasteiger partial charge in [0.15, 0.2) is 0 Å². The summed E-state index contributed by atoms with van der Waals surface area (Å²) in [4.78, 5) is 2.46. The Morgan fingerprint density at radius 2 is 1.46 bits per heavy atom. The van der Waals surface area contributed by atoms with Gasteiger partial charge in [0.25, 0.3) is 0 Å². The zero-order chi connectivity index (χ0) is 19.5. The predicted molar refractivity (Wildman–Crippen MR) is 112 cm³/mol. The molecular weight excluding hydrogens is 350 g/mol. The maximum Gasteiger partial charge on any atom is 0.128 e. The first kappa shape index (κ1) is 18.6. The van der Waals surface area contributed by atoms with Crippen molar-refractivity contribution in [2.45, 2.75) is 25.3 Å². The molecule has 0 amide bonds. The smallest absolute Gasteiger partial charge is 0.128 e. The maximum absolute atomic E-state index is 11.3. The minimum atomic E-state index is -0.0490. The van der Waals surface area contributed by atoms with Gasteiger partial charge in [-0.3, -0.25) is 4.90 Å². The number of nitrogens with zero attached hydrogens (tertiary/aromatic N) is 1. The normalized spacial score (nSPS) is 16.1. The highest BCUT2D eigenvalue weighted by atomic mass is 16.5. The molecule has 4 rings (SSSR count). The first-order chi connectivity index (χ1) is 13.7. The SMILES string of the molecule is COc1ccccc1C(c1ccc2c(OC)cccc2c1O)N1CCCCC1. The minimum Gasteiger partial charge on any atom is -0.507 e. The molecule has 3 aromatic carbocycles. The van der Waals surface area contributed by atoms with Crippen LogP contribution in [0.5, 0.6) is 17.2 Å². The van der Waals surface area contributed by atoms with E-state index in [4.69, 9.17) is 9.47 Å². The summed E-state index contributed by atoms with van der Waals surface area (Å²) in [5.74, 6) is 1.94. The van der Waals surface area contributed by atoms with Gasteiger partial charge in [0, 0.05) is 21.9 Å². The number of rotatable bonds is 5. The zero-order valence-corrected chi connectivity index (χ0v) is 16.5. The molecule has 1 atom stereocenters. The Bertz CT molecular complexity index is 963. The lowest BCUT2D eigenvalue weighted by Crippen LogP contribution is -2.34. The molecule has 3 aromatic rings. The van der Waals surface area contributed by atoms with Crippen molar-refractivity contribution < 1.29 is 14.6 Å². The van der Waals surface area contributed by atoms with Crippen LogP contribution in [0.1, 0.15) is 36.4 Å². The predicted octanol–water partition coefficient (Wildman–Crippen LogP) is 5.14. The Balaban J connectivity index is 1.90. The summed E-state index contributed by atoms with van der Waals surface area (Å²) in [7, 11) is 3.36. The molecule has 0 saturated carbocycles. The highest BCUT2D eigenvalue weighted by molar-refractivity contribution is 5.94. The number of methoxy groups -OCH3 is 2. The maximum atomic E-state index is 11.3. The Hall–Kier alpha value is -2.72. The third-order valence-electron chi connectivity index (χ3n) is 5.73. The molecule has 1 saturated heterocycles. The van der Waals surface area contributed by atoms with Crippen LogP contribution in [-0.4, -0.2) is 37.3 Å². The number of phenolic OH excluding ortho intramolecular Hbond substituents is 1. The molecule has 0 aromatic heterocycles. The van der Waals surface area contributed by atoms with Crippen LogP contribution in [-0.2, 0) is 0 Å². The topological polar surface area (TPSA) is 41.9 Å². The fourth-order valence-corrected chi connectivity index (χ4v) is 4.36. The van der Waals surface area contributed by atoms with E-state index in [-0.39, 0.29) is 6.04 Å². The van der Waals surface area contributed by atoms with Crippen molar-refractivity contribution in [1.29, 1.82) is 0 Å². The van der Waals surface area contributed by atoms with E-state index >= 15 is 0 Å². The van der Waals surface area contributed by atoms with Crippen molar-refractivity contribution in [3.8, 4) is 17.2 Å². The largest absolute Gasteiger partial charge is 0.507 e. The van der Waals surface area contributed by atoms with Gasteiger partial charge in [-0.25, -0.2) is 0 Å². The van der Waals surface area contributed by atoms with Gasteiger partial charge >= 0.3 is 0 Å². The molecule has 0 bridgehead atoms. The van der Waals surface area contributed by atoms with Gasteiger partial charge in [0.2, 0.25) is 0 Å². The summed E-state index contributed by atoms with van der Waals surface area (Å²) in [6, 6.07) is 17.9. The van der Waals surface area contributed by atoms with Crippen molar-refractivity contribution >= 4 is 10.8 Å². The molecule has 1 N–H and O–H groups in total. The van der Waals surface area contributed by atoms with Crippen molar-refractivity contribution in [1.82, 2.24) is 4.90 Å². The Labute approximate surface area is 166 Å². The quantitative estimate of drug-likeness (QED) is 0.669. The molecule has 1 aliphatic rings. The van der Waals surface area contributed by atoms with E-state index in [0.717, 1.165) is 46.5 Å². The van der Waals surface area contributed by atoms with E-state index in [1.54, 1.807) is 14.2 Å². The van der Waals surface area contributed by atoms with Crippen LogP contribution in [0.2, 0.25) is 0 Å². The van der Waals surface area contributed by atoms with Crippen molar-refractivity contribution in [3.63, 3.8) is 0 Å². The summed E-state index contributed by atoms with van der Waals surface area (Å²) in [5.41, 5.74) is 2.00. The lowest BCUT2D eigenvalue weighted by molar-refractivity contribution is 0.182. The molecule has 28 heavy (non-hydrogen) atoms. The van der Waals surface area contributed by atoms with Gasteiger partial charge in [-0.1, -0.05) is 48.9 Å². The van der Waals surface area contributed by atoms with Crippen LogP contribution in [0.3, 0.4) is 0 Å². The number of likely N-dealkylation sites (tertiary alicyclic amines) is 1. The fourth-order valence-electron chi connectivity index (χ4n) is 4.36. The highest BCUT2D eigenvalue weighted by Gasteiger charge is 2.29. The Kier molecular flexibility index (Phi) is 5.40. The second-order valence-corrected chi connectivity index (χ2v) is 7.30. The number of benzene rings is 3. The van der Waals surface area contributed by atoms with E-state index < -0.39 is 0 Å². The summed E-state index contributed by atoms with van der Waals surface area (Å²) < 4.78 is 11.2. The molecule has 1 heterocycles. The Morgan fingerprint density at radius 1 is 0.750 bits per heavy atom. The second kappa shape index (κ2) is 8.11. The summed E-state index contributed by atoms with van der Waals surface area (Å²) >= 11 is 0. The number of hydrogen-bond acceptors (Lipinski definition) is 4. The number of hydrogen-bond donors (Lipinski definition) is 1. The van der Waals surface area contributed by atoms with E-state index in [1.165, 1.54) is 19.3 Å². The van der Waals surface area contributed by atoms with Crippen LogP contribution in [0.4, 0.5) is 0 Å². The van der Waals surface area contributed by atoms with E-state index in [9.17, 15) is 5.11 Å². The number of piperidine rings is 1. The standard InChI is InChI=1S/C24H27NO3/c1-27-21-12-8-10-18-17(21)13-14-20(24(18)26)23(25-15-6-3-7-16-25)19-9-4-5-11-22(19)28-2/h4-5,8-14,23,26H,3,6-7,15-16H2,1-2H3. The summed E-state index contributed by atoms with van der Waals surface area (Å²) in [5, 5.41) is 13.0. The first-order valence-corrected chi connectivity index (χ1v) is 9.90. The van der Waals surface area contributed by atoms with E-state index in [1.807, 2.05) is 42.5 Å². The lowest BCUT2D eigenvalue weighted by atomic mass is 9.91. The molecule has 4 heteroatoms. The van der Waals surface area contributed by atoms with E-state index in [0.29, 0.717) is 5.75 Å². The zero-order valence-electron chi connectivity index (χ0n) is 16.5. The van der Waals surface area contributed by atoms with Crippen LogP contribution >= 0.6 is 0 Å². The van der Waals surface area contributed by atoms with Gasteiger partial charge in [-0.2, -0.15) is 0 Å². The van der Waals surface area contributed by atoms with Crippen molar-refractivity contribution in [2.24, 2.45) is 0 Å². The minimum absolute atomic E-state index is 0.0490. The molecule has 146 valence electrons. The van der Waals surface area contributed by atoms with Gasteiger partial charge in [0.1, 0.15) is 17.2 Å². The van der Waals surface area contributed by atoms with Crippen molar-refractivity contribution in [2.75, 3.05) is 27.3 Å². The van der Waals surface area contributed by atoms with Gasteiger partial charge in [-0.15, -0.1) is 0 Å². The molecule has 1 aliphatic heterocycles.